The third-order valence-electron chi connectivity index (χ3n) is 3.67. The van der Waals surface area contributed by atoms with Crippen LogP contribution in [0, 0.1) is 0 Å². The lowest BCUT2D eigenvalue weighted by Crippen LogP contribution is -2.29. The molecule has 0 amide bonds. The summed E-state index contributed by atoms with van der Waals surface area (Å²) in [6.07, 6.45) is 6.27. The molecule has 1 fully saturated rings. The maximum atomic E-state index is 4.54. The van der Waals surface area contributed by atoms with Crippen LogP contribution in [0.5, 0.6) is 0 Å². The zero-order chi connectivity index (χ0) is 10.8. The van der Waals surface area contributed by atoms with Crippen LogP contribution >= 0.6 is 0 Å². The second kappa shape index (κ2) is 4.45. The normalized spacial score (nSPS) is 21.6. The summed E-state index contributed by atoms with van der Waals surface area (Å²) < 4.78 is 0. The van der Waals surface area contributed by atoms with Gasteiger partial charge in [0.2, 0.25) is 0 Å². The van der Waals surface area contributed by atoms with Crippen LogP contribution in [0.1, 0.15) is 30.5 Å². The highest BCUT2D eigenvalue weighted by Crippen LogP contribution is 2.28. The first kappa shape index (κ1) is 10.1. The third kappa shape index (κ3) is 1.82. The molecular formula is C12H20N4. The van der Waals surface area contributed by atoms with Gasteiger partial charge in [0.25, 0.3) is 0 Å². The first-order valence-electron chi connectivity index (χ1n) is 6.47. The van der Waals surface area contributed by atoms with Crippen LogP contribution < -0.4 is 10.2 Å². The standard InChI is InChI=1S/C12H20N4/c1-2-5-11-10(4-1)12(15-14-11)16-8-3-6-13-7-9-16/h13H,1-9H2,(H,14,15). The van der Waals surface area contributed by atoms with E-state index >= 15 is 0 Å². The second-order valence-corrected chi connectivity index (χ2v) is 4.80. The van der Waals surface area contributed by atoms with Crippen LogP contribution in [0.15, 0.2) is 0 Å². The molecule has 1 aliphatic carbocycles. The van der Waals surface area contributed by atoms with Crippen LogP contribution in [0.3, 0.4) is 0 Å². The van der Waals surface area contributed by atoms with Gasteiger partial charge < -0.3 is 10.2 Å². The van der Waals surface area contributed by atoms with Crippen LogP contribution in [0.2, 0.25) is 0 Å². The van der Waals surface area contributed by atoms with Crippen molar-refractivity contribution < 1.29 is 0 Å². The van der Waals surface area contributed by atoms with E-state index in [-0.39, 0.29) is 0 Å². The van der Waals surface area contributed by atoms with Gasteiger partial charge in [0.05, 0.1) is 0 Å². The summed E-state index contributed by atoms with van der Waals surface area (Å²) in [5, 5.41) is 11.2. The van der Waals surface area contributed by atoms with Crippen molar-refractivity contribution in [1.29, 1.82) is 0 Å². The molecule has 4 heteroatoms. The minimum absolute atomic E-state index is 1.08. The van der Waals surface area contributed by atoms with Crippen molar-refractivity contribution in [3.8, 4) is 0 Å². The fourth-order valence-electron chi connectivity index (χ4n) is 2.78. The molecule has 4 nitrogen and oxygen atoms in total. The number of nitrogens with zero attached hydrogens (tertiary/aromatic N) is 2. The number of hydrogen-bond acceptors (Lipinski definition) is 3. The van der Waals surface area contributed by atoms with Crippen molar-refractivity contribution in [1.82, 2.24) is 15.5 Å². The lowest BCUT2D eigenvalue weighted by atomic mass is 9.97. The van der Waals surface area contributed by atoms with Gasteiger partial charge in [-0.1, -0.05) is 0 Å². The van der Waals surface area contributed by atoms with E-state index in [1.54, 1.807) is 0 Å². The zero-order valence-corrected chi connectivity index (χ0v) is 9.76. The summed E-state index contributed by atoms with van der Waals surface area (Å²) >= 11 is 0. The molecule has 0 saturated carbocycles. The molecule has 16 heavy (non-hydrogen) atoms. The van der Waals surface area contributed by atoms with Crippen LogP contribution in [0.4, 0.5) is 5.82 Å². The van der Waals surface area contributed by atoms with Gasteiger partial charge in [-0.05, 0) is 38.6 Å². The molecule has 0 unspecified atom stereocenters. The number of fused-ring (bicyclic) bond motifs is 1. The van der Waals surface area contributed by atoms with Gasteiger partial charge in [-0.15, -0.1) is 0 Å². The van der Waals surface area contributed by atoms with Crippen molar-refractivity contribution >= 4 is 5.82 Å². The minimum atomic E-state index is 1.08. The minimum Gasteiger partial charge on any atom is -0.354 e. The van der Waals surface area contributed by atoms with E-state index in [0.29, 0.717) is 0 Å². The molecule has 88 valence electrons. The van der Waals surface area contributed by atoms with Crippen molar-refractivity contribution in [3.05, 3.63) is 11.3 Å². The largest absolute Gasteiger partial charge is 0.354 e. The summed E-state index contributed by atoms with van der Waals surface area (Å²) in [6.45, 7) is 4.46. The summed E-state index contributed by atoms with van der Waals surface area (Å²) in [5.41, 5.74) is 2.88. The summed E-state index contributed by atoms with van der Waals surface area (Å²) in [7, 11) is 0. The monoisotopic (exact) mass is 220 g/mol. The molecule has 0 atom stereocenters. The van der Waals surface area contributed by atoms with E-state index in [1.165, 1.54) is 49.2 Å². The van der Waals surface area contributed by atoms with Gasteiger partial charge in [-0.2, -0.15) is 5.10 Å². The molecule has 1 aromatic rings. The molecule has 0 spiro atoms. The Kier molecular flexibility index (Phi) is 2.82. The zero-order valence-electron chi connectivity index (χ0n) is 9.76. The maximum Gasteiger partial charge on any atom is 0.153 e. The Balaban J connectivity index is 1.84. The fourth-order valence-corrected chi connectivity index (χ4v) is 2.78. The van der Waals surface area contributed by atoms with Gasteiger partial charge in [-0.25, -0.2) is 0 Å². The van der Waals surface area contributed by atoms with Gasteiger partial charge >= 0.3 is 0 Å². The average Bonchev–Trinajstić information content (AvgIpc) is 2.57. The fraction of sp³-hybridized carbons (Fsp3) is 0.750. The Morgan fingerprint density at radius 3 is 2.94 bits per heavy atom. The van der Waals surface area contributed by atoms with E-state index in [1.807, 2.05) is 0 Å². The highest BCUT2D eigenvalue weighted by Gasteiger charge is 2.21. The Bertz CT molecular complexity index is 350. The van der Waals surface area contributed by atoms with E-state index in [0.717, 1.165) is 26.2 Å². The first-order valence-corrected chi connectivity index (χ1v) is 6.47. The average molecular weight is 220 g/mol. The maximum absolute atomic E-state index is 4.54. The van der Waals surface area contributed by atoms with E-state index in [9.17, 15) is 0 Å². The lowest BCUT2D eigenvalue weighted by Gasteiger charge is -2.22. The Hall–Kier alpha value is -1.03. The SMILES string of the molecule is C1CCc2c(N3CCCNCC3)n[nH]c2C1. The lowest BCUT2D eigenvalue weighted by molar-refractivity contribution is 0.673. The van der Waals surface area contributed by atoms with Crippen LogP contribution in [-0.2, 0) is 12.8 Å². The van der Waals surface area contributed by atoms with E-state index in [4.69, 9.17) is 0 Å². The number of rotatable bonds is 1. The van der Waals surface area contributed by atoms with Crippen LogP contribution in [0.25, 0.3) is 0 Å². The molecular weight excluding hydrogens is 200 g/mol. The smallest absolute Gasteiger partial charge is 0.153 e. The molecule has 2 N–H and O–H groups in total. The van der Waals surface area contributed by atoms with Gasteiger partial charge in [0.1, 0.15) is 0 Å². The molecule has 0 radical (unpaired) electrons. The van der Waals surface area contributed by atoms with Crippen molar-refractivity contribution in [2.24, 2.45) is 0 Å². The highest BCUT2D eigenvalue weighted by molar-refractivity contribution is 5.50. The molecule has 2 heterocycles. The number of H-pyrrole nitrogens is 1. The van der Waals surface area contributed by atoms with Gasteiger partial charge in [0.15, 0.2) is 5.82 Å². The predicted octanol–water partition coefficient (Wildman–Crippen LogP) is 1.09. The number of aromatic amines is 1. The number of nitrogens with one attached hydrogen (secondary N) is 2. The number of aryl methyl sites for hydroxylation is 1. The molecule has 2 aliphatic rings. The molecule has 1 saturated heterocycles. The summed E-state index contributed by atoms with van der Waals surface area (Å²) in [6, 6.07) is 0. The van der Waals surface area contributed by atoms with Gasteiger partial charge in [0, 0.05) is 30.9 Å². The molecule has 3 rings (SSSR count). The quantitative estimate of drug-likeness (QED) is 0.744. The van der Waals surface area contributed by atoms with Crippen LogP contribution in [-0.4, -0.2) is 36.4 Å². The molecule has 0 aromatic carbocycles. The predicted molar refractivity (Wildman–Crippen MR) is 64.9 cm³/mol. The van der Waals surface area contributed by atoms with E-state index < -0.39 is 0 Å². The summed E-state index contributed by atoms with van der Waals surface area (Å²) in [5.74, 6) is 1.23. The van der Waals surface area contributed by atoms with Crippen molar-refractivity contribution in [2.45, 2.75) is 32.1 Å². The third-order valence-corrected chi connectivity index (χ3v) is 3.67. The first-order chi connectivity index (χ1) is 7.95. The molecule has 1 aliphatic heterocycles. The van der Waals surface area contributed by atoms with E-state index in [2.05, 4.69) is 20.4 Å². The second-order valence-electron chi connectivity index (χ2n) is 4.80. The van der Waals surface area contributed by atoms with Gasteiger partial charge in [-0.3, -0.25) is 5.10 Å². The number of aromatic nitrogens is 2. The Morgan fingerprint density at radius 2 is 1.94 bits per heavy atom. The van der Waals surface area contributed by atoms with Crippen molar-refractivity contribution in [2.75, 3.05) is 31.1 Å². The Morgan fingerprint density at radius 1 is 1.00 bits per heavy atom. The van der Waals surface area contributed by atoms with Crippen molar-refractivity contribution in [3.63, 3.8) is 0 Å². The molecule has 0 bridgehead atoms. The highest BCUT2D eigenvalue weighted by atomic mass is 15.3. The number of hydrogen-bond donors (Lipinski definition) is 2. The molecule has 1 aromatic heterocycles. The topological polar surface area (TPSA) is 44.0 Å². The number of anilines is 1. The Labute approximate surface area is 96.4 Å². The summed E-state index contributed by atoms with van der Waals surface area (Å²) in [4.78, 5) is 2.45.